The lowest BCUT2D eigenvalue weighted by Crippen LogP contribution is -2.49. The highest BCUT2D eigenvalue weighted by atomic mass is 19.1. The van der Waals surface area contributed by atoms with Gasteiger partial charge in [0.15, 0.2) is 0 Å². The highest BCUT2D eigenvalue weighted by molar-refractivity contribution is 5.75. The van der Waals surface area contributed by atoms with E-state index in [9.17, 15) is 9.18 Å². The minimum atomic E-state index is -0.252. The fourth-order valence-electron chi connectivity index (χ4n) is 4.33. The van der Waals surface area contributed by atoms with Gasteiger partial charge in [-0.3, -0.25) is 0 Å². The number of carbonyl (C=O) groups excluding carboxylic acids is 1. The zero-order valence-corrected chi connectivity index (χ0v) is 16.9. The summed E-state index contributed by atoms with van der Waals surface area (Å²) in [6.07, 6.45) is 6.11. The van der Waals surface area contributed by atoms with Crippen molar-refractivity contribution in [2.75, 3.05) is 24.5 Å². The van der Waals surface area contributed by atoms with Crippen molar-refractivity contribution in [3.8, 4) is 0 Å². The molecule has 1 atom stereocenters. The second kappa shape index (κ2) is 8.76. The van der Waals surface area contributed by atoms with Crippen LogP contribution < -0.4 is 10.2 Å². The molecule has 29 heavy (non-hydrogen) atoms. The molecule has 3 heterocycles. The Morgan fingerprint density at radius 2 is 2.00 bits per heavy atom. The van der Waals surface area contributed by atoms with Crippen molar-refractivity contribution in [3.63, 3.8) is 0 Å². The van der Waals surface area contributed by atoms with Gasteiger partial charge in [-0.25, -0.2) is 19.2 Å². The molecule has 4 rings (SSSR count). The predicted molar refractivity (Wildman–Crippen MR) is 110 cm³/mol. The second-order valence-corrected chi connectivity index (χ2v) is 7.84. The molecule has 0 bridgehead atoms. The quantitative estimate of drug-likeness (QED) is 0.855. The summed E-state index contributed by atoms with van der Waals surface area (Å²) in [4.78, 5) is 25.7. The first-order chi connectivity index (χ1) is 14.1. The number of aromatic nitrogens is 2. The number of hydrogen-bond donors (Lipinski definition) is 1. The third-order valence-corrected chi connectivity index (χ3v) is 5.97. The van der Waals surface area contributed by atoms with Crippen LogP contribution in [0.15, 0.2) is 36.7 Å². The molecule has 0 saturated carbocycles. The van der Waals surface area contributed by atoms with Crippen LogP contribution in [-0.2, 0) is 6.42 Å². The Morgan fingerprint density at radius 1 is 1.17 bits per heavy atom. The van der Waals surface area contributed by atoms with E-state index in [4.69, 9.17) is 0 Å². The molecule has 1 N–H and O–H groups in total. The minimum absolute atomic E-state index is 0.0366. The molecule has 2 aliphatic rings. The van der Waals surface area contributed by atoms with Crippen molar-refractivity contribution in [1.29, 1.82) is 0 Å². The van der Waals surface area contributed by atoms with E-state index in [0.29, 0.717) is 6.54 Å². The number of nitrogens with one attached hydrogen (secondary N) is 1. The van der Waals surface area contributed by atoms with Crippen molar-refractivity contribution >= 4 is 11.8 Å². The fourth-order valence-corrected chi connectivity index (χ4v) is 4.33. The number of carbonyl (C=O) groups is 1. The Kier molecular flexibility index (Phi) is 5.92. The molecule has 2 saturated heterocycles. The Balaban J connectivity index is 1.33. The number of aryl methyl sites for hydroxylation is 1. The first-order valence-electron chi connectivity index (χ1n) is 10.5. The van der Waals surface area contributed by atoms with Gasteiger partial charge < -0.3 is 15.1 Å². The Hall–Kier alpha value is -2.70. The molecule has 1 aromatic heterocycles. The maximum atomic E-state index is 13.6. The number of amides is 2. The standard InChI is InChI=1S/C22H28FN5O/c1-2-18-14-21(25-15-24-18)27-11-8-19(9-12-27)26-22(29)28-10-4-7-20(28)16-5-3-6-17(23)13-16/h3,5-6,13-15,19-20H,2,4,7-12H2,1H3,(H,26,29). The van der Waals surface area contributed by atoms with Crippen LogP contribution in [0.5, 0.6) is 0 Å². The van der Waals surface area contributed by atoms with Crippen molar-refractivity contribution in [2.45, 2.75) is 51.1 Å². The van der Waals surface area contributed by atoms with E-state index < -0.39 is 0 Å². The van der Waals surface area contributed by atoms with Gasteiger partial charge in [-0.05, 0) is 49.8 Å². The van der Waals surface area contributed by atoms with Crippen LogP contribution in [-0.4, -0.2) is 46.6 Å². The lowest BCUT2D eigenvalue weighted by molar-refractivity contribution is 0.186. The number of hydrogen-bond acceptors (Lipinski definition) is 4. The van der Waals surface area contributed by atoms with Crippen molar-refractivity contribution in [1.82, 2.24) is 20.2 Å². The lowest BCUT2D eigenvalue weighted by atomic mass is 10.0. The molecule has 2 aliphatic heterocycles. The zero-order chi connectivity index (χ0) is 20.2. The molecular weight excluding hydrogens is 369 g/mol. The van der Waals surface area contributed by atoms with Gasteiger partial charge in [0.2, 0.25) is 0 Å². The number of benzene rings is 1. The molecule has 7 heteroatoms. The summed E-state index contributed by atoms with van der Waals surface area (Å²) in [5.74, 6) is 0.713. The monoisotopic (exact) mass is 397 g/mol. The molecule has 2 amide bonds. The summed E-state index contributed by atoms with van der Waals surface area (Å²) in [5.41, 5.74) is 1.92. The topological polar surface area (TPSA) is 61.4 Å². The van der Waals surface area contributed by atoms with Crippen LogP contribution in [0.2, 0.25) is 0 Å². The molecular formula is C22H28FN5O. The molecule has 0 radical (unpaired) electrons. The largest absolute Gasteiger partial charge is 0.356 e. The molecule has 0 spiro atoms. The van der Waals surface area contributed by atoms with E-state index in [1.54, 1.807) is 18.5 Å². The maximum Gasteiger partial charge on any atom is 0.318 e. The summed E-state index contributed by atoms with van der Waals surface area (Å²) in [7, 11) is 0. The summed E-state index contributed by atoms with van der Waals surface area (Å²) in [6, 6.07) is 8.73. The normalized spacial score (nSPS) is 20.1. The summed E-state index contributed by atoms with van der Waals surface area (Å²) < 4.78 is 13.6. The average molecular weight is 397 g/mol. The smallest absolute Gasteiger partial charge is 0.318 e. The van der Waals surface area contributed by atoms with Crippen LogP contribution >= 0.6 is 0 Å². The number of piperidine rings is 1. The van der Waals surface area contributed by atoms with Crippen molar-refractivity contribution < 1.29 is 9.18 Å². The van der Waals surface area contributed by atoms with E-state index in [1.165, 1.54) is 6.07 Å². The predicted octanol–water partition coefficient (Wildman–Crippen LogP) is 3.69. The molecule has 154 valence electrons. The molecule has 1 unspecified atom stereocenters. The highest BCUT2D eigenvalue weighted by Gasteiger charge is 2.32. The highest BCUT2D eigenvalue weighted by Crippen LogP contribution is 2.32. The van der Waals surface area contributed by atoms with Gasteiger partial charge >= 0.3 is 6.03 Å². The van der Waals surface area contributed by atoms with Crippen molar-refractivity contribution in [3.05, 3.63) is 53.7 Å². The number of urea groups is 1. The lowest BCUT2D eigenvalue weighted by Gasteiger charge is -2.35. The van der Waals surface area contributed by atoms with Gasteiger partial charge in [-0.2, -0.15) is 0 Å². The maximum absolute atomic E-state index is 13.6. The zero-order valence-electron chi connectivity index (χ0n) is 16.9. The number of rotatable bonds is 4. The number of halogens is 1. The molecule has 0 aliphatic carbocycles. The van der Waals surface area contributed by atoms with Crippen LogP contribution in [0.3, 0.4) is 0 Å². The van der Waals surface area contributed by atoms with E-state index in [-0.39, 0.29) is 23.9 Å². The third kappa shape index (κ3) is 4.49. The van der Waals surface area contributed by atoms with Gasteiger partial charge in [0, 0.05) is 37.4 Å². The Bertz CT molecular complexity index is 853. The second-order valence-electron chi connectivity index (χ2n) is 7.84. The molecule has 6 nitrogen and oxygen atoms in total. The fraction of sp³-hybridized carbons (Fsp3) is 0.500. The van der Waals surface area contributed by atoms with Gasteiger partial charge in [-0.1, -0.05) is 19.1 Å². The summed E-state index contributed by atoms with van der Waals surface area (Å²) in [5, 5.41) is 3.20. The number of nitrogens with zero attached hydrogens (tertiary/aromatic N) is 4. The first kappa shape index (κ1) is 19.6. The van der Waals surface area contributed by atoms with E-state index in [2.05, 4.69) is 27.1 Å². The number of anilines is 1. The van der Waals surface area contributed by atoms with E-state index in [1.807, 2.05) is 17.0 Å². The third-order valence-electron chi connectivity index (χ3n) is 5.97. The molecule has 2 aromatic rings. The van der Waals surface area contributed by atoms with Crippen LogP contribution in [0.4, 0.5) is 15.0 Å². The first-order valence-corrected chi connectivity index (χ1v) is 10.5. The van der Waals surface area contributed by atoms with Crippen molar-refractivity contribution in [2.24, 2.45) is 0 Å². The van der Waals surface area contributed by atoms with Crippen LogP contribution in [0, 0.1) is 5.82 Å². The Labute approximate surface area is 171 Å². The van der Waals surface area contributed by atoms with Crippen LogP contribution in [0.1, 0.15) is 49.9 Å². The summed E-state index contributed by atoms with van der Waals surface area (Å²) in [6.45, 7) is 4.52. The minimum Gasteiger partial charge on any atom is -0.356 e. The van der Waals surface area contributed by atoms with Crippen LogP contribution in [0.25, 0.3) is 0 Å². The van der Waals surface area contributed by atoms with Gasteiger partial charge in [0.1, 0.15) is 18.0 Å². The number of likely N-dealkylation sites (tertiary alicyclic amines) is 1. The SMILES string of the molecule is CCc1cc(N2CCC(NC(=O)N3CCCC3c3cccc(F)c3)CC2)ncn1. The van der Waals surface area contributed by atoms with Gasteiger partial charge in [0.25, 0.3) is 0 Å². The van der Waals surface area contributed by atoms with Gasteiger partial charge in [0.05, 0.1) is 6.04 Å². The molecule has 1 aromatic carbocycles. The van der Waals surface area contributed by atoms with E-state index >= 15 is 0 Å². The Morgan fingerprint density at radius 3 is 2.76 bits per heavy atom. The average Bonchev–Trinajstić information content (AvgIpc) is 3.24. The van der Waals surface area contributed by atoms with Gasteiger partial charge in [-0.15, -0.1) is 0 Å². The molecule has 2 fully saturated rings. The van der Waals surface area contributed by atoms with E-state index in [0.717, 1.165) is 62.3 Å². The summed E-state index contributed by atoms with van der Waals surface area (Å²) >= 11 is 0.